The van der Waals surface area contributed by atoms with Crippen molar-refractivity contribution in [3.63, 3.8) is 0 Å². The Morgan fingerprint density at radius 3 is 2.86 bits per heavy atom. The van der Waals surface area contributed by atoms with Crippen LogP contribution in [0.15, 0.2) is 35.7 Å². The number of carboxylic acid groups (broad SMARTS) is 1. The maximum absolute atomic E-state index is 10.4. The van der Waals surface area contributed by atoms with Crippen molar-refractivity contribution < 1.29 is 19.4 Å². The zero-order chi connectivity index (χ0) is 15.1. The summed E-state index contributed by atoms with van der Waals surface area (Å²) in [5.74, 6) is 0.410. The van der Waals surface area contributed by atoms with Gasteiger partial charge in [0.1, 0.15) is 0 Å². The third kappa shape index (κ3) is 4.61. The van der Waals surface area contributed by atoms with Crippen molar-refractivity contribution in [2.24, 2.45) is 0 Å². The molecule has 5 nitrogen and oxygen atoms in total. The number of ether oxygens (including phenoxy) is 2. The molecule has 0 unspecified atom stereocenters. The molecule has 0 amide bonds. The van der Waals surface area contributed by atoms with Crippen molar-refractivity contribution >= 4 is 23.4 Å². The van der Waals surface area contributed by atoms with Crippen molar-refractivity contribution in [2.45, 2.75) is 6.42 Å². The van der Waals surface area contributed by atoms with E-state index in [1.54, 1.807) is 7.11 Å². The van der Waals surface area contributed by atoms with Crippen LogP contribution in [0.25, 0.3) is 6.08 Å². The van der Waals surface area contributed by atoms with Gasteiger partial charge < -0.3 is 14.6 Å². The third-order valence-corrected chi connectivity index (χ3v) is 3.54. The Hall–Kier alpha value is -2.34. The van der Waals surface area contributed by atoms with Crippen LogP contribution in [-0.2, 0) is 11.2 Å². The maximum atomic E-state index is 10.4. The molecule has 2 aromatic rings. The van der Waals surface area contributed by atoms with Crippen LogP contribution in [0.1, 0.15) is 10.7 Å². The average molecular weight is 305 g/mol. The molecule has 0 fully saturated rings. The van der Waals surface area contributed by atoms with Gasteiger partial charge in [0.05, 0.1) is 24.4 Å². The first kappa shape index (κ1) is 15.1. The number of aliphatic carboxylic acids is 1. The molecule has 1 N–H and O–H groups in total. The fraction of sp³-hybridized carbons (Fsp3) is 0.200. The molecule has 0 radical (unpaired) electrons. The van der Waals surface area contributed by atoms with Crippen molar-refractivity contribution in [2.75, 3.05) is 13.7 Å². The average Bonchev–Trinajstić information content (AvgIpc) is 2.93. The lowest BCUT2D eigenvalue weighted by Gasteiger charge is -2.09. The number of rotatable bonds is 7. The van der Waals surface area contributed by atoms with Crippen LogP contribution >= 0.6 is 11.3 Å². The summed E-state index contributed by atoms with van der Waals surface area (Å²) >= 11 is 1.48. The summed E-state index contributed by atoms with van der Waals surface area (Å²) < 4.78 is 10.9. The highest BCUT2D eigenvalue weighted by Crippen LogP contribution is 2.25. The summed E-state index contributed by atoms with van der Waals surface area (Å²) in [5, 5.41) is 11.3. The second-order valence-electron chi connectivity index (χ2n) is 4.09. The monoisotopic (exact) mass is 305 g/mol. The smallest absolute Gasteiger partial charge is 0.328 e. The molecule has 0 aliphatic heterocycles. The van der Waals surface area contributed by atoms with E-state index in [1.165, 1.54) is 17.4 Å². The number of carbonyl (C=O) groups is 1. The number of benzene rings is 1. The summed E-state index contributed by atoms with van der Waals surface area (Å²) in [6.45, 7) is 0.482. The van der Waals surface area contributed by atoms with E-state index in [2.05, 4.69) is 4.98 Å². The highest BCUT2D eigenvalue weighted by molar-refractivity contribution is 7.09. The predicted molar refractivity (Wildman–Crippen MR) is 81.0 cm³/mol. The second-order valence-corrected chi connectivity index (χ2v) is 5.03. The molecule has 2 rings (SSSR count). The van der Waals surface area contributed by atoms with Crippen LogP contribution in [0, 0.1) is 0 Å². The molecule has 0 saturated heterocycles. The van der Waals surface area contributed by atoms with Crippen molar-refractivity contribution in [1.29, 1.82) is 0 Å². The van der Waals surface area contributed by atoms with Gasteiger partial charge >= 0.3 is 5.97 Å². The van der Waals surface area contributed by atoms with E-state index in [0.29, 0.717) is 30.2 Å². The van der Waals surface area contributed by atoms with E-state index in [0.717, 1.165) is 11.1 Å². The lowest BCUT2D eigenvalue weighted by molar-refractivity contribution is -0.131. The van der Waals surface area contributed by atoms with Gasteiger partial charge in [-0.1, -0.05) is 12.1 Å². The van der Waals surface area contributed by atoms with Gasteiger partial charge in [0.25, 0.3) is 0 Å². The molecular weight excluding hydrogens is 290 g/mol. The van der Waals surface area contributed by atoms with Crippen LogP contribution in [0.5, 0.6) is 11.5 Å². The van der Waals surface area contributed by atoms with E-state index in [1.807, 2.05) is 29.6 Å². The molecule has 1 aromatic carbocycles. The van der Waals surface area contributed by atoms with E-state index in [9.17, 15) is 4.79 Å². The molecule has 6 heteroatoms. The molecule has 0 aliphatic rings. The van der Waals surface area contributed by atoms with Gasteiger partial charge in [-0.2, -0.15) is 0 Å². The van der Waals surface area contributed by atoms with Gasteiger partial charge in [-0.25, -0.2) is 9.78 Å². The van der Waals surface area contributed by atoms with E-state index < -0.39 is 5.97 Å². The minimum absolute atomic E-state index is 0.482. The van der Waals surface area contributed by atoms with Gasteiger partial charge in [-0.05, 0) is 18.2 Å². The number of thiazole rings is 1. The molecule has 0 aliphatic carbocycles. The third-order valence-electron chi connectivity index (χ3n) is 2.61. The van der Waals surface area contributed by atoms with Crippen LogP contribution in [-0.4, -0.2) is 29.8 Å². The molecule has 21 heavy (non-hydrogen) atoms. The van der Waals surface area contributed by atoms with Gasteiger partial charge in [-0.15, -0.1) is 11.3 Å². The zero-order valence-electron chi connectivity index (χ0n) is 11.5. The lowest BCUT2D eigenvalue weighted by Crippen LogP contribution is -2.02. The fourth-order valence-corrected chi connectivity index (χ4v) is 2.41. The minimum atomic E-state index is -0.982. The largest absolute Gasteiger partial charge is 0.493 e. The number of hydrogen-bond donors (Lipinski definition) is 1. The topological polar surface area (TPSA) is 68.7 Å². The van der Waals surface area contributed by atoms with Crippen LogP contribution in [0.3, 0.4) is 0 Å². The van der Waals surface area contributed by atoms with Crippen LogP contribution < -0.4 is 9.47 Å². The zero-order valence-corrected chi connectivity index (χ0v) is 12.3. The Kier molecular flexibility index (Phi) is 5.34. The number of aromatic nitrogens is 1. The summed E-state index contributed by atoms with van der Waals surface area (Å²) in [4.78, 5) is 14.7. The second kappa shape index (κ2) is 7.44. The predicted octanol–water partition coefficient (Wildman–Crippen LogP) is 2.87. The number of nitrogens with zero attached hydrogens (tertiary/aromatic N) is 1. The molecular formula is C15H15NO4S. The standard InChI is InChI=1S/C15H15NO4S/c1-19-12-4-2-3-5-13(12)20-9-8-14-16-11(10-21-14)6-7-15(17)18/h2-7,10H,8-9H2,1H3,(H,17,18)/b7-6+. The molecule has 1 heterocycles. The molecule has 0 atom stereocenters. The normalized spacial score (nSPS) is 10.7. The number of methoxy groups -OCH3 is 1. The molecule has 0 saturated carbocycles. The Labute approximate surface area is 126 Å². The molecule has 1 aromatic heterocycles. The first-order valence-corrected chi connectivity index (χ1v) is 7.18. The van der Waals surface area contributed by atoms with Gasteiger partial charge in [0, 0.05) is 17.9 Å². The van der Waals surface area contributed by atoms with E-state index >= 15 is 0 Å². The quantitative estimate of drug-likeness (QED) is 0.797. The summed E-state index contributed by atoms with van der Waals surface area (Å²) in [5.41, 5.74) is 0.648. The van der Waals surface area contributed by atoms with E-state index in [4.69, 9.17) is 14.6 Å². The highest BCUT2D eigenvalue weighted by Gasteiger charge is 2.04. The van der Waals surface area contributed by atoms with Crippen LogP contribution in [0.2, 0.25) is 0 Å². The van der Waals surface area contributed by atoms with Gasteiger partial charge in [-0.3, -0.25) is 0 Å². The van der Waals surface area contributed by atoms with Gasteiger partial charge in [0.2, 0.25) is 0 Å². The SMILES string of the molecule is COc1ccccc1OCCc1nc(/C=C/C(=O)O)cs1. The van der Waals surface area contributed by atoms with E-state index in [-0.39, 0.29) is 0 Å². The minimum Gasteiger partial charge on any atom is -0.493 e. The number of carboxylic acids is 1. The first-order chi connectivity index (χ1) is 10.2. The fourth-order valence-electron chi connectivity index (χ4n) is 1.66. The number of para-hydroxylation sites is 2. The van der Waals surface area contributed by atoms with Crippen molar-refractivity contribution in [1.82, 2.24) is 4.98 Å². The first-order valence-electron chi connectivity index (χ1n) is 6.30. The summed E-state index contributed by atoms with van der Waals surface area (Å²) in [7, 11) is 1.60. The molecule has 0 spiro atoms. The van der Waals surface area contributed by atoms with Crippen molar-refractivity contribution in [3.8, 4) is 11.5 Å². The Bertz CT molecular complexity index is 636. The Morgan fingerprint density at radius 1 is 1.38 bits per heavy atom. The lowest BCUT2D eigenvalue weighted by atomic mass is 10.3. The maximum Gasteiger partial charge on any atom is 0.328 e. The molecule has 0 bridgehead atoms. The van der Waals surface area contributed by atoms with Gasteiger partial charge in [0.15, 0.2) is 11.5 Å². The number of hydrogen-bond acceptors (Lipinski definition) is 5. The summed E-state index contributed by atoms with van der Waals surface area (Å²) in [6, 6.07) is 7.46. The Morgan fingerprint density at radius 2 is 2.14 bits per heavy atom. The van der Waals surface area contributed by atoms with Crippen LogP contribution in [0.4, 0.5) is 0 Å². The highest BCUT2D eigenvalue weighted by atomic mass is 32.1. The van der Waals surface area contributed by atoms with Crippen molar-refractivity contribution in [3.05, 3.63) is 46.4 Å². The molecule has 110 valence electrons. The summed E-state index contributed by atoms with van der Waals surface area (Å²) in [6.07, 6.45) is 3.21. The Balaban J connectivity index is 1.87.